The number of benzene rings is 2. The van der Waals surface area contributed by atoms with Gasteiger partial charge in [0.05, 0.1) is 49.5 Å². The molecule has 2 fully saturated rings. The van der Waals surface area contributed by atoms with Gasteiger partial charge in [-0.3, -0.25) is 4.79 Å². The molecule has 4 aromatic rings. The van der Waals surface area contributed by atoms with Crippen molar-refractivity contribution >= 4 is 17.7 Å². The molecule has 3 atom stereocenters. The number of ether oxygens (including phenoxy) is 1. The third-order valence-electron chi connectivity index (χ3n) is 8.31. The summed E-state index contributed by atoms with van der Waals surface area (Å²) in [6, 6.07) is 11.2. The fraction of sp³-hybridized carbons (Fsp3) is 0.406. The van der Waals surface area contributed by atoms with Gasteiger partial charge in [0.25, 0.3) is 0 Å². The minimum atomic E-state index is -1.23. The Bertz CT molecular complexity index is 1710. The number of imidazole rings is 1. The van der Waals surface area contributed by atoms with Crippen molar-refractivity contribution in [1.29, 1.82) is 0 Å². The number of nitrogens with one attached hydrogen (secondary N) is 2. The Hall–Kier alpha value is -4.86. The van der Waals surface area contributed by atoms with Crippen molar-refractivity contribution in [1.82, 2.24) is 35.2 Å². The first-order valence-electron chi connectivity index (χ1n) is 15.4. The molecule has 2 aliphatic heterocycles. The molecule has 0 bridgehead atoms. The summed E-state index contributed by atoms with van der Waals surface area (Å²) in [7, 11) is 1.59. The first-order valence-corrected chi connectivity index (χ1v) is 15.4. The second-order valence-electron chi connectivity index (χ2n) is 12.0. The molecule has 6 rings (SSSR count). The third kappa shape index (κ3) is 7.11. The van der Waals surface area contributed by atoms with Crippen LogP contribution in [0.5, 0.6) is 0 Å². The van der Waals surface area contributed by atoms with E-state index in [0.717, 1.165) is 24.1 Å². The van der Waals surface area contributed by atoms with E-state index in [0.29, 0.717) is 54.6 Å². The molecule has 14 nitrogen and oxygen atoms in total. The summed E-state index contributed by atoms with van der Waals surface area (Å²) in [6.07, 6.45) is 3.45. The van der Waals surface area contributed by atoms with Crippen molar-refractivity contribution in [2.24, 2.45) is 5.92 Å². The van der Waals surface area contributed by atoms with Crippen LogP contribution in [0.4, 0.5) is 14.9 Å². The average Bonchev–Trinajstić information content (AvgIpc) is 3.87. The molecule has 2 aromatic heterocycles. The molecule has 47 heavy (non-hydrogen) atoms. The van der Waals surface area contributed by atoms with E-state index in [2.05, 4.69) is 25.6 Å². The topological polar surface area (TPSA) is 160 Å². The van der Waals surface area contributed by atoms with Crippen LogP contribution < -0.4 is 10.4 Å². The molecule has 0 aliphatic carbocycles. The van der Waals surface area contributed by atoms with Gasteiger partial charge in [-0.2, -0.15) is 0 Å². The number of anilines is 1. The van der Waals surface area contributed by atoms with Gasteiger partial charge in [-0.1, -0.05) is 43.3 Å². The third-order valence-corrected chi connectivity index (χ3v) is 8.31. The van der Waals surface area contributed by atoms with Crippen LogP contribution in [0, 0.1) is 11.7 Å². The van der Waals surface area contributed by atoms with Crippen molar-refractivity contribution in [3.8, 4) is 22.4 Å². The molecule has 0 saturated carbocycles. The van der Waals surface area contributed by atoms with E-state index in [1.807, 2.05) is 38.1 Å². The lowest BCUT2D eigenvalue weighted by atomic mass is 10.0. The van der Waals surface area contributed by atoms with Crippen LogP contribution in [-0.2, 0) is 32.6 Å². The molecule has 4 heterocycles. The maximum absolute atomic E-state index is 15.3. The van der Waals surface area contributed by atoms with Gasteiger partial charge < -0.3 is 25.0 Å². The number of rotatable bonds is 11. The minimum absolute atomic E-state index is 0.201. The fourth-order valence-corrected chi connectivity index (χ4v) is 5.96. The molecular formula is C32H37FN8O6. The highest BCUT2D eigenvalue weighted by atomic mass is 19.1. The number of aromatic amines is 1. The Morgan fingerprint density at radius 2 is 1.98 bits per heavy atom. The lowest BCUT2D eigenvalue weighted by Gasteiger charge is -2.29. The quantitative estimate of drug-likeness (QED) is 0.200. The lowest BCUT2D eigenvalue weighted by Crippen LogP contribution is -2.50. The SMILES string of the molecule is COCc1cn(C[C@@H]2CN(c3ccc(-c4ccc(-c5cnc([C@@H]6CCCN6C(=O)[C@@H](NC(=O)O)C(C)C)[nH]5)cc4)c(F)c3)OO2)nn1. The number of nitrogens with zero attached hydrogens (tertiary/aromatic N) is 6. The molecule has 248 valence electrons. The molecular weight excluding hydrogens is 611 g/mol. The number of H-pyrrole nitrogens is 1. The summed E-state index contributed by atoms with van der Waals surface area (Å²) in [5.41, 5.74) is 3.97. The van der Waals surface area contributed by atoms with Crippen LogP contribution in [0.1, 0.15) is 44.2 Å². The van der Waals surface area contributed by atoms with Gasteiger partial charge in [-0.25, -0.2) is 28.8 Å². The van der Waals surface area contributed by atoms with Crippen LogP contribution in [0.25, 0.3) is 22.4 Å². The molecule has 2 amide bonds. The summed E-state index contributed by atoms with van der Waals surface area (Å²) in [4.78, 5) is 45.0. The number of amides is 2. The zero-order valence-corrected chi connectivity index (χ0v) is 26.3. The molecule has 15 heteroatoms. The van der Waals surface area contributed by atoms with E-state index in [-0.39, 0.29) is 24.0 Å². The number of likely N-dealkylation sites (tertiary alicyclic amines) is 1. The number of halogens is 1. The van der Waals surface area contributed by atoms with E-state index in [1.165, 1.54) is 11.1 Å². The summed E-state index contributed by atoms with van der Waals surface area (Å²) < 4.78 is 22.1. The molecule has 0 radical (unpaired) electrons. The van der Waals surface area contributed by atoms with Crippen molar-refractivity contribution in [2.75, 3.05) is 25.3 Å². The highest BCUT2D eigenvalue weighted by Gasteiger charge is 2.37. The van der Waals surface area contributed by atoms with Gasteiger partial charge in [0.1, 0.15) is 29.5 Å². The zero-order chi connectivity index (χ0) is 33.1. The van der Waals surface area contributed by atoms with Crippen LogP contribution >= 0.6 is 0 Å². The number of carboxylic acid groups (broad SMARTS) is 1. The molecule has 0 unspecified atom stereocenters. The molecule has 2 aromatic carbocycles. The highest BCUT2D eigenvalue weighted by Crippen LogP contribution is 2.34. The normalized spacial score (nSPS) is 18.7. The van der Waals surface area contributed by atoms with Gasteiger partial charge in [-0.15, -0.1) is 10.1 Å². The van der Waals surface area contributed by atoms with E-state index in [9.17, 15) is 14.7 Å². The van der Waals surface area contributed by atoms with Crippen LogP contribution in [0.3, 0.4) is 0 Å². The maximum atomic E-state index is 15.3. The van der Waals surface area contributed by atoms with Crippen molar-refractivity contribution in [2.45, 2.75) is 58.0 Å². The van der Waals surface area contributed by atoms with Crippen LogP contribution in [0.15, 0.2) is 54.9 Å². The second kappa shape index (κ2) is 13.9. The van der Waals surface area contributed by atoms with Crippen molar-refractivity contribution < 1.29 is 33.7 Å². The molecule has 2 saturated heterocycles. The predicted octanol–water partition coefficient (Wildman–Crippen LogP) is 4.33. The van der Waals surface area contributed by atoms with E-state index in [1.54, 1.807) is 41.2 Å². The Morgan fingerprint density at radius 1 is 1.19 bits per heavy atom. The first kappa shape index (κ1) is 32.1. The van der Waals surface area contributed by atoms with E-state index < -0.39 is 18.0 Å². The fourth-order valence-electron chi connectivity index (χ4n) is 5.96. The largest absolute Gasteiger partial charge is 0.465 e. The number of carbonyl (C=O) groups is 2. The van der Waals surface area contributed by atoms with Crippen LogP contribution in [0.2, 0.25) is 0 Å². The summed E-state index contributed by atoms with van der Waals surface area (Å²) in [6.45, 7) is 5.31. The van der Waals surface area contributed by atoms with E-state index >= 15 is 4.39 Å². The van der Waals surface area contributed by atoms with Gasteiger partial charge in [0.2, 0.25) is 5.91 Å². The number of aromatic nitrogens is 5. The highest BCUT2D eigenvalue weighted by molar-refractivity contribution is 5.86. The molecule has 3 N–H and O–H groups in total. The predicted molar refractivity (Wildman–Crippen MR) is 167 cm³/mol. The Kier molecular flexibility index (Phi) is 9.47. The molecule has 0 spiro atoms. The van der Waals surface area contributed by atoms with Gasteiger partial charge in [0.15, 0.2) is 0 Å². The van der Waals surface area contributed by atoms with Gasteiger partial charge >= 0.3 is 6.09 Å². The summed E-state index contributed by atoms with van der Waals surface area (Å²) in [5.74, 6) is -0.225. The lowest BCUT2D eigenvalue weighted by molar-refractivity contribution is -0.284. The van der Waals surface area contributed by atoms with Gasteiger partial charge in [-0.05, 0) is 42.0 Å². The van der Waals surface area contributed by atoms with Crippen LogP contribution in [-0.4, -0.2) is 79.3 Å². The number of hydrogen-bond acceptors (Lipinski definition) is 9. The number of hydroxylamine groups is 1. The second-order valence-corrected chi connectivity index (χ2v) is 12.0. The monoisotopic (exact) mass is 648 g/mol. The number of carbonyl (C=O) groups excluding carboxylic acids is 1. The summed E-state index contributed by atoms with van der Waals surface area (Å²) >= 11 is 0. The Balaban J connectivity index is 1.09. The standard InChI is InChI=1S/C32H37FN8O6/c1-19(2)29(36-32(43)44)31(42)40-12-4-5-28(40)30-34-14-27(35-30)21-8-6-20(7-9-21)25-11-10-23(13-26(25)33)41-17-24(46-47-41)16-39-15-22(18-45-3)37-38-39/h6-11,13-15,19,24,28-29,36H,4-5,12,16-18H2,1-3H3,(H,34,35)(H,43,44)/t24-,28+,29+/m1/s1. The Labute approximate surface area is 270 Å². The number of methoxy groups -OCH3 is 1. The Morgan fingerprint density at radius 3 is 2.70 bits per heavy atom. The zero-order valence-electron chi connectivity index (χ0n) is 26.3. The van der Waals surface area contributed by atoms with Crippen molar-refractivity contribution in [3.63, 3.8) is 0 Å². The summed E-state index contributed by atoms with van der Waals surface area (Å²) in [5, 5.41) is 21.2. The van der Waals surface area contributed by atoms with Gasteiger partial charge in [0, 0.05) is 25.3 Å². The minimum Gasteiger partial charge on any atom is -0.465 e. The maximum Gasteiger partial charge on any atom is 0.405 e. The van der Waals surface area contributed by atoms with E-state index in [4.69, 9.17) is 14.6 Å². The number of hydrogen-bond donors (Lipinski definition) is 3. The molecule has 2 aliphatic rings. The average molecular weight is 649 g/mol. The smallest absolute Gasteiger partial charge is 0.405 e. The van der Waals surface area contributed by atoms with Crippen molar-refractivity contribution in [3.05, 3.63) is 72.2 Å². The first-order chi connectivity index (χ1) is 22.7.